The summed E-state index contributed by atoms with van der Waals surface area (Å²) in [7, 11) is 0.644. The standard InChI is InChI=1S/C10H10F8O2/c1-6(5(19)20-2)3-7(11,12)9(15,16)10(17,18)8(13,14)4-6/h3-4H2,1-2H3. The van der Waals surface area contributed by atoms with Gasteiger partial charge >= 0.3 is 29.7 Å². The number of carbonyl (C=O) groups is 1. The van der Waals surface area contributed by atoms with Gasteiger partial charge in [-0.05, 0) is 6.92 Å². The van der Waals surface area contributed by atoms with E-state index >= 15 is 0 Å². The summed E-state index contributed by atoms with van der Waals surface area (Å²) in [5.74, 6) is -25.3. The van der Waals surface area contributed by atoms with Crippen LogP contribution in [0.25, 0.3) is 0 Å². The van der Waals surface area contributed by atoms with Gasteiger partial charge in [-0.2, -0.15) is 35.1 Å². The number of methoxy groups -OCH3 is 1. The molecule has 0 atom stereocenters. The van der Waals surface area contributed by atoms with Crippen LogP contribution < -0.4 is 0 Å². The summed E-state index contributed by atoms with van der Waals surface area (Å²) in [5, 5.41) is 0. The molecule has 0 unspecified atom stereocenters. The zero-order valence-electron chi connectivity index (χ0n) is 10.3. The zero-order chi connectivity index (χ0) is 16.2. The highest BCUT2D eigenvalue weighted by molar-refractivity contribution is 5.76. The largest absolute Gasteiger partial charge is 0.469 e. The van der Waals surface area contributed by atoms with Crippen molar-refractivity contribution in [2.24, 2.45) is 5.41 Å². The van der Waals surface area contributed by atoms with Crippen LogP contribution in [0.2, 0.25) is 0 Å². The maximum absolute atomic E-state index is 13.3. The topological polar surface area (TPSA) is 26.3 Å². The number of alkyl halides is 8. The van der Waals surface area contributed by atoms with E-state index in [0.717, 1.165) is 0 Å². The molecule has 0 aromatic carbocycles. The summed E-state index contributed by atoms with van der Waals surface area (Å²) >= 11 is 0. The summed E-state index contributed by atoms with van der Waals surface area (Å²) in [5.41, 5.74) is -2.87. The second kappa shape index (κ2) is 4.20. The minimum Gasteiger partial charge on any atom is -0.469 e. The Morgan fingerprint density at radius 3 is 1.40 bits per heavy atom. The van der Waals surface area contributed by atoms with Crippen molar-refractivity contribution in [2.45, 2.75) is 43.5 Å². The molecular weight excluding hydrogens is 304 g/mol. The third-order valence-electron chi connectivity index (χ3n) is 3.22. The Bertz CT molecular complexity index is 389. The van der Waals surface area contributed by atoms with E-state index in [2.05, 4.69) is 4.74 Å². The first-order valence-corrected chi connectivity index (χ1v) is 5.24. The first kappa shape index (κ1) is 17.0. The molecule has 0 saturated heterocycles. The molecule has 0 aromatic rings. The van der Waals surface area contributed by atoms with Gasteiger partial charge in [-0.25, -0.2) is 0 Å². The van der Waals surface area contributed by atoms with Crippen LogP contribution in [-0.2, 0) is 9.53 Å². The van der Waals surface area contributed by atoms with Gasteiger partial charge in [-0.1, -0.05) is 0 Å². The monoisotopic (exact) mass is 314 g/mol. The van der Waals surface area contributed by atoms with Gasteiger partial charge in [0.1, 0.15) is 0 Å². The van der Waals surface area contributed by atoms with Gasteiger partial charge < -0.3 is 4.74 Å². The lowest BCUT2D eigenvalue weighted by Crippen LogP contribution is -2.60. The minimum atomic E-state index is -6.30. The third-order valence-corrected chi connectivity index (χ3v) is 3.22. The van der Waals surface area contributed by atoms with Crippen molar-refractivity contribution >= 4 is 5.97 Å². The normalized spacial score (nSPS) is 29.3. The fourth-order valence-corrected chi connectivity index (χ4v) is 2.11. The summed E-state index contributed by atoms with van der Waals surface area (Å²) in [6.45, 7) is 0.456. The Morgan fingerprint density at radius 2 is 1.15 bits per heavy atom. The van der Waals surface area contributed by atoms with Gasteiger partial charge in [0.25, 0.3) is 0 Å². The quantitative estimate of drug-likeness (QED) is 0.421. The Morgan fingerprint density at radius 1 is 0.850 bits per heavy atom. The Balaban J connectivity index is 3.51. The summed E-state index contributed by atoms with van der Waals surface area (Å²) in [6.07, 6.45) is -4.35. The molecule has 118 valence electrons. The van der Waals surface area contributed by atoms with Crippen LogP contribution in [0.3, 0.4) is 0 Å². The predicted octanol–water partition coefficient (Wildman–Crippen LogP) is 3.50. The molecule has 0 radical (unpaired) electrons. The number of carbonyl (C=O) groups excluding carboxylic acids is 1. The maximum atomic E-state index is 13.3. The molecule has 0 spiro atoms. The molecule has 10 heteroatoms. The van der Waals surface area contributed by atoms with Crippen molar-refractivity contribution < 1.29 is 44.7 Å². The van der Waals surface area contributed by atoms with Gasteiger partial charge in [-0.15, -0.1) is 0 Å². The van der Waals surface area contributed by atoms with E-state index in [0.29, 0.717) is 14.0 Å². The van der Waals surface area contributed by atoms with Gasteiger partial charge in [0.2, 0.25) is 0 Å². The van der Waals surface area contributed by atoms with Gasteiger partial charge in [0, 0.05) is 12.8 Å². The smallest absolute Gasteiger partial charge is 0.378 e. The van der Waals surface area contributed by atoms with E-state index in [4.69, 9.17) is 0 Å². The Kier molecular flexibility index (Phi) is 3.56. The molecule has 20 heavy (non-hydrogen) atoms. The molecule has 0 bridgehead atoms. The van der Waals surface area contributed by atoms with E-state index in [1.54, 1.807) is 0 Å². The van der Waals surface area contributed by atoms with Crippen LogP contribution in [0.5, 0.6) is 0 Å². The zero-order valence-corrected chi connectivity index (χ0v) is 10.3. The molecule has 0 heterocycles. The SMILES string of the molecule is COC(=O)C1(C)CC(F)(F)C(F)(F)C(F)(F)C(F)(F)C1. The van der Waals surface area contributed by atoms with Gasteiger partial charge in [-0.3, -0.25) is 4.79 Å². The highest BCUT2D eigenvalue weighted by Crippen LogP contribution is 2.61. The molecule has 0 N–H and O–H groups in total. The van der Waals surface area contributed by atoms with E-state index < -0.39 is 47.9 Å². The Labute approximate surface area is 108 Å². The number of hydrogen-bond acceptors (Lipinski definition) is 2. The fraction of sp³-hybridized carbons (Fsp3) is 0.900. The molecule has 0 aliphatic heterocycles. The number of ether oxygens (including phenoxy) is 1. The van der Waals surface area contributed by atoms with Crippen molar-refractivity contribution in [2.75, 3.05) is 7.11 Å². The second-order valence-corrected chi connectivity index (χ2v) is 4.96. The molecule has 1 aliphatic rings. The predicted molar refractivity (Wildman–Crippen MR) is 49.1 cm³/mol. The molecule has 0 aromatic heterocycles. The molecule has 1 aliphatic carbocycles. The summed E-state index contributed by atoms with van der Waals surface area (Å²) in [4.78, 5) is 11.3. The molecule has 0 amide bonds. The molecule has 1 rings (SSSR count). The lowest BCUT2D eigenvalue weighted by Gasteiger charge is -2.33. The average molecular weight is 314 g/mol. The minimum absolute atomic E-state index is 0.456. The van der Waals surface area contributed by atoms with Crippen LogP contribution in [0, 0.1) is 5.41 Å². The lowest BCUT2D eigenvalue weighted by atomic mass is 9.80. The van der Waals surface area contributed by atoms with Crippen molar-refractivity contribution in [1.29, 1.82) is 0 Å². The average Bonchev–Trinajstić information content (AvgIpc) is 2.26. The highest BCUT2D eigenvalue weighted by Gasteiger charge is 2.84. The Hall–Kier alpha value is -1.09. The van der Waals surface area contributed by atoms with Crippen molar-refractivity contribution in [1.82, 2.24) is 0 Å². The lowest BCUT2D eigenvalue weighted by molar-refractivity contribution is -0.357. The van der Waals surface area contributed by atoms with E-state index in [9.17, 15) is 39.9 Å². The van der Waals surface area contributed by atoms with Gasteiger partial charge in [0.05, 0.1) is 12.5 Å². The van der Waals surface area contributed by atoms with Crippen LogP contribution in [0.1, 0.15) is 19.8 Å². The van der Waals surface area contributed by atoms with Crippen LogP contribution in [0.15, 0.2) is 0 Å². The molecule has 2 nitrogen and oxygen atoms in total. The summed E-state index contributed by atoms with van der Waals surface area (Å²) < 4.78 is 110. The summed E-state index contributed by atoms with van der Waals surface area (Å²) in [6, 6.07) is 0. The molecular formula is C10H10F8O2. The number of rotatable bonds is 1. The maximum Gasteiger partial charge on any atom is 0.378 e. The van der Waals surface area contributed by atoms with Gasteiger partial charge in [0.15, 0.2) is 0 Å². The number of esters is 1. The molecule has 1 fully saturated rings. The number of halogens is 8. The van der Waals surface area contributed by atoms with Crippen LogP contribution in [0.4, 0.5) is 35.1 Å². The highest BCUT2D eigenvalue weighted by atomic mass is 19.4. The van der Waals surface area contributed by atoms with E-state index in [-0.39, 0.29) is 0 Å². The van der Waals surface area contributed by atoms with Crippen molar-refractivity contribution in [3.05, 3.63) is 0 Å². The fourth-order valence-electron chi connectivity index (χ4n) is 2.11. The first-order chi connectivity index (χ1) is 8.65. The number of hydrogen-bond donors (Lipinski definition) is 0. The van der Waals surface area contributed by atoms with Crippen LogP contribution in [-0.4, -0.2) is 36.8 Å². The van der Waals surface area contributed by atoms with Crippen LogP contribution >= 0.6 is 0 Å². The first-order valence-electron chi connectivity index (χ1n) is 5.24. The van der Waals surface area contributed by atoms with Crippen molar-refractivity contribution in [3.8, 4) is 0 Å². The third kappa shape index (κ3) is 2.03. The molecule has 1 saturated carbocycles. The van der Waals surface area contributed by atoms with Crippen molar-refractivity contribution in [3.63, 3.8) is 0 Å². The van der Waals surface area contributed by atoms with E-state index in [1.807, 2.05) is 0 Å². The second-order valence-electron chi connectivity index (χ2n) is 4.96. The van der Waals surface area contributed by atoms with E-state index in [1.165, 1.54) is 0 Å².